The molecule has 0 bridgehead atoms. The fourth-order valence-electron chi connectivity index (χ4n) is 1.98. The lowest BCUT2D eigenvalue weighted by molar-refractivity contribution is 0.437. The average Bonchev–Trinajstić information content (AvgIpc) is 2.49. The van der Waals surface area contributed by atoms with Gasteiger partial charge in [0.1, 0.15) is 11.6 Å². The van der Waals surface area contributed by atoms with Gasteiger partial charge in [0.25, 0.3) is 0 Å². The van der Waals surface area contributed by atoms with E-state index in [0.29, 0.717) is 5.75 Å². The Morgan fingerprint density at radius 2 is 1.91 bits per heavy atom. The minimum Gasteiger partial charge on any atom is -0.453 e. The van der Waals surface area contributed by atoms with Crippen molar-refractivity contribution in [3.63, 3.8) is 0 Å². The Hall–Kier alpha value is -2.08. The Morgan fingerprint density at radius 3 is 2.64 bits per heavy atom. The van der Waals surface area contributed by atoms with Gasteiger partial charge in [-0.1, -0.05) is 15.9 Å². The quantitative estimate of drug-likeness (QED) is 0.602. The van der Waals surface area contributed by atoms with Crippen molar-refractivity contribution in [2.24, 2.45) is 0 Å². The van der Waals surface area contributed by atoms with Gasteiger partial charge in [-0.15, -0.1) is 0 Å². The summed E-state index contributed by atoms with van der Waals surface area (Å²) in [7, 11) is 0. The van der Waals surface area contributed by atoms with Gasteiger partial charge < -0.3 is 4.74 Å². The van der Waals surface area contributed by atoms with E-state index in [1.165, 1.54) is 12.3 Å². The van der Waals surface area contributed by atoms with Gasteiger partial charge in [-0.05, 0) is 31.2 Å². The molecule has 6 heteroatoms. The number of alkyl halides is 1. The number of fused-ring (bicyclic) bond motifs is 1. The highest BCUT2D eigenvalue weighted by molar-refractivity contribution is 9.09. The van der Waals surface area contributed by atoms with E-state index < -0.39 is 11.6 Å². The largest absolute Gasteiger partial charge is 0.453 e. The zero-order valence-electron chi connectivity index (χ0n) is 11.6. The van der Waals surface area contributed by atoms with E-state index >= 15 is 0 Å². The van der Waals surface area contributed by atoms with Gasteiger partial charge in [0.15, 0.2) is 11.6 Å². The van der Waals surface area contributed by atoms with E-state index in [0.717, 1.165) is 28.7 Å². The number of hydrogen-bond donors (Lipinski definition) is 0. The molecule has 0 radical (unpaired) electrons. The third-order valence-corrected chi connectivity index (χ3v) is 3.56. The highest BCUT2D eigenvalue weighted by Crippen LogP contribution is 2.28. The lowest BCUT2D eigenvalue weighted by atomic mass is 10.2. The Balaban J connectivity index is 1.93. The van der Waals surface area contributed by atoms with Gasteiger partial charge in [-0.2, -0.15) is 0 Å². The van der Waals surface area contributed by atoms with Crippen LogP contribution in [0.2, 0.25) is 0 Å². The molecular formula is C16H11BrF2N2O. The molecule has 1 atom stereocenters. The molecule has 0 aliphatic carbocycles. The molecule has 2 aromatic heterocycles. The second-order valence-corrected chi connectivity index (χ2v) is 6.14. The summed E-state index contributed by atoms with van der Waals surface area (Å²) in [6, 6.07) is 6.73. The number of ether oxygens (including phenoxy) is 1. The minimum atomic E-state index is -0.762. The first-order valence-electron chi connectivity index (χ1n) is 6.55. The van der Waals surface area contributed by atoms with E-state index in [2.05, 4.69) is 25.9 Å². The number of halogens is 3. The topological polar surface area (TPSA) is 35.0 Å². The van der Waals surface area contributed by atoms with Crippen molar-refractivity contribution in [2.75, 3.05) is 0 Å². The predicted molar refractivity (Wildman–Crippen MR) is 83.3 cm³/mol. The molecule has 2 heterocycles. The molecule has 0 aliphatic rings. The van der Waals surface area contributed by atoms with Crippen molar-refractivity contribution < 1.29 is 13.5 Å². The first-order valence-corrected chi connectivity index (χ1v) is 7.47. The molecule has 0 saturated heterocycles. The summed E-state index contributed by atoms with van der Waals surface area (Å²) in [5.74, 6) is -1.11. The van der Waals surface area contributed by atoms with Crippen LogP contribution >= 0.6 is 15.9 Å². The maximum absolute atomic E-state index is 13.6. The lowest BCUT2D eigenvalue weighted by Crippen LogP contribution is -1.93. The van der Waals surface area contributed by atoms with Crippen LogP contribution in [0.5, 0.6) is 11.5 Å². The van der Waals surface area contributed by atoms with E-state index in [-0.39, 0.29) is 10.6 Å². The van der Waals surface area contributed by atoms with Crippen LogP contribution < -0.4 is 4.74 Å². The summed E-state index contributed by atoms with van der Waals surface area (Å²) in [6.07, 6.45) is 3.18. The average molecular weight is 365 g/mol. The Labute approximate surface area is 134 Å². The Bertz CT molecular complexity index is 839. The minimum absolute atomic E-state index is 0.0544. The molecule has 0 N–H and O–H groups in total. The number of rotatable bonds is 3. The molecule has 3 aromatic rings. The summed E-state index contributed by atoms with van der Waals surface area (Å²) < 4.78 is 31.9. The van der Waals surface area contributed by atoms with Gasteiger partial charge in [-0.25, -0.2) is 8.78 Å². The molecule has 0 fully saturated rings. The van der Waals surface area contributed by atoms with Gasteiger partial charge in [0.2, 0.25) is 0 Å². The molecular weight excluding hydrogens is 354 g/mol. The second kappa shape index (κ2) is 5.96. The van der Waals surface area contributed by atoms with Gasteiger partial charge in [-0.3, -0.25) is 9.97 Å². The van der Waals surface area contributed by atoms with Crippen LogP contribution in [0.15, 0.2) is 42.7 Å². The van der Waals surface area contributed by atoms with Crippen LogP contribution in [0, 0.1) is 11.6 Å². The Morgan fingerprint density at radius 1 is 1.09 bits per heavy atom. The van der Waals surface area contributed by atoms with Crippen molar-refractivity contribution in [2.45, 2.75) is 11.8 Å². The normalized spacial score (nSPS) is 12.4. The summed E-state index contributed by atoms with van der Waals surface area (Å²) in [4.78, 5) is 8.73. The van der Waals surface area contributed by atoms with E-state index in [1.54, 1.807) is 12.3 Å². The van der Waals surface area contributed by atoms with Gasteiger partial charge in [0, 0.05) is 17.6 Å². The van der Waals surface area contributed by atoms with Crippen LogP contribution in [-0.4, -0.2) is 9.97 Å². The second-order valence-electron chi connectivity index (χ2n) is 4.77. The number of benzene rings is 1. The SMILES string of the molecule is CC(Br)c1cc2ncc(Oc3ccc(F)cc3F)cc2cn1. The van der Waals surface area contributed by atoms with Crippen LogP contribution in [-0.2, 0) is 0 Å². The number of pyridine rings is 2. The van der Waals surface area contributed by atoms with Gasteiger partial charge >= 0.3 is 0 Å². The highest BCUT2D eigenvalue weighted by atomic mass is 79.9. The summed E-state index contributed by atoms with van der Waals surface area (Å²) in [6.45, 7) is 1.98. The molecule has 3 rings (SSSR count). The Kier molecular flexibility index (Phi) is 4.02. The van der Waals surface area contributed by atoms with Crippen molar-refractivity contribution in [1.82, 2.24) is 9.97 Å². The summed E-state index contributed by atoms with van der Waals surface area (Å²) >= 11 is 3.45. The smallest absolute Gasteiger partial charge is 0.168 e. The molecule has 1 aromatic carbocycles. The van der Waals surface area contributed by atoms with Crippen LogP contribution in [0.25, 0.3) is 10.9 Å². The van der Waals surface area contributed by atoms with Crippen molar-refractivity contribution in [3.8, 4) is 11.5 Å². The molecule has 3 nitrogen and oxygen atoms in total. The van der Waals surface area contributed by atoms with Crippen LogP contribution in [0.3, 0.4) is 0 Å². The zero-order valence-corrected chi connectivity index (χ0v) is 13.1. The summed E-state index contributed by atoms with van der Waals surface area (Å²) in [5.41, 5.74) is 1.64. The predicted octanol–water partition coefficient (Wildman–Crippen LogP) is 5.16. The standard InChI is InChI=1S/C16H11BrF2N2O/c1-9(17)14-6-15-10(7-20-14)4-12(8-21-15)22-16-3-2-11(18)5-13(16)19/h2-9H,1H3. The fourth-order valence-corrected chi connectivity index (χ4v) is 2.23. The fraction of sp³-hybridized carbons (Fsp3) is 0.125. The summed E-state index contributed by atoms with van der Waals surface area (Å²) in [5, 5.41) is 0.775. The van der Waals surface area contributed by atoms with Gasteiger partial charge in [0.05, 0.1) is 22.2 Å². The molecule has 112 valence electrons. The number of nitrogens with zero attached hydrogens (tertiary/aromatic N) is 2. The van der Waals surface area contributed by atoms with E-state index in [9.17, 15) is 8.78 Å². The molecule has 0 amide bonds. The lowest BCUT2D eigenvalue weighted by Gasteiger charge is -2.08. The molecule has 0 aliphatic heterocycles. The van der Waals surface area contributed by atoms with Crippen LogP contribution in [0.4, 0.5) is 8.78 Å². The monoisotopic (exact) mass is 364 g/mol. The molecule has 0 saturated carbocycles. The van der Waals surface area contributed by atoms with Crippen molar-refractivity contribution >= 4 is 26.8 Å². The number of hydrogen-bond acceptors (Lipinski definition) is 3. The van der Waals surface area contributed by atoms with E-state index in [1.807, 2.05) is 13.0 Å². The van der Waals surface area contributed by atoms with Crippen molar-refractivity contribution in [3.05, 3.63) is 60.1 Å². The first-order chi connectivity index (χ1) is 10.5. The number of aromatic nitrogens is 2. The first kappa shape index (κ1) is 14.8. The zero-order chi connectivity index (χ0) is 15.7. The third kappa shape index (κ3) is 3.06. The highest BCUT2D eigenvalue weighted by Gasteiger charge is 2.09. The van der Waals surface area contributed by atoms with E-state index in [4.69, 9.17) is 4.74 Å². The maximum Gasteiger partial charge on any atom is 0.168 e. The van der Waals surface area contributed by atoms with Crippen LogP contribution in [0.1, 0.15) is 17.4 Å². The third-order valence-electron chi connectivity index (χ3n) is 3.09. The van der Waals surface area contributed by atoms with Crippen molar-refractivity contribution in [1.29, 1.82) is 0 Å². The molecule has 0 spiro atoms. The maximum atomic E-state index is 13.6. The molecule has 22 heavy (non-hydrogen) atoms. The molecule has 1 unspecified atom stereocenters.